The van der Waals surface area contributed by atoms with Gasteiger partial charge in [-0.05, 0) is 11.1 Å². The lowest BCUT2D eigenvalue weighted by molar-refractivity contribution is 0.480. The molecule has 30 heavy (non-hydrogen) atoms. The van der Waals surface area contributed by atoms with E-state index in [1.165, 1.54) is 0 Å². The summed E-state index contributed by atoms with van der Waals surface area (Å²) < 4.78 is 12.7. The largest absolute Gasteiger partial charge is 0.402 e. The van der Waals surface area contributed by atoms with Gasteiger partial charge in [-0.2, -0.15) is 0 Å². The Kier molecular flexibility index (Phi) is 4.86. The van der Waals surface area contributed by atoms with Crippen LogP contribution in [-0.2, 0) is 13.1 Å². The Morgan fingerprint density at radius 2 is 1.00 bits per heavy atom. The Bertz CT molecular complexity index is 1460. The molecule has 0 amide bonds. The first-order valence-corrected chi connectivity index (χ1v) is 10.8. The lowest BCUT2D eigenvalue weighted by Gasteiger charge is -1.93. The first kappa shape index (κ1) is 18.7. The van der Waals surface area contributed by atoms with Crippen LogP contribution in [0.3, 0.4) is 0 Å². The third-order valence-corrected chi connectivity index (χ3v) is 7.03. The van der Waals surface area contributed by atoms with Crippen LogP contribution in [0.1, 0.15) is 11.1 Å². The molecule has 0 unspecified atom stereocenters. The summed E-state index contributed by atoms with van der Waals surface area (Å²) in [7, 11) is 0. The van der Waals surface area contributed by atoms with E-state index in [0.29, 0.717) is 31.9 Å². The molecule has 0 saturated carbocycles. The highest BCUT2D eigenvalue weighted by atomic mass is 32.1. The fraction of sp³-hybridized carbons (Fsp3) is 0.0909. The SMILES string of the molecule is O=c1oc(=NCc2ccccc2)c2sc3c(=O)oc(=NCc4ccccc4)c3sc12. The van der Waals surface area contributed by atoms with Crippen LogP contribution in [0.4, 0.5) is 0 Å². The smallest absolute Gasteiger partial charge is 0.356 e. The topological polar surface area (TPSA) is 85.1 Å². The molecule has 0 fully saturated rings. The molecule has 0 atom stereocenters. The number of hydrogen-bond donors (Lipinski definition) is 0. The number of hydrogen-bond acceptors (Lipinski definition) is 8. The first-order valence-electron chi connectivity index (χ1n) is 9.15. The van der Waals surface area contributed by atoms with Crippen LogP contribution >= 0.6 is 22.7 Å². The van der Waals surface area contributed by atoms with Crippen molar-refractivity contribution in [1.29, 1.82) is 0 Å². The van der Waals surface area contributed by atoms with Gasteiger partial charge in [0.05, 0.1) is 13.1 Å². The number of furan rings is 2. The maximum absolute atomic E-state index is 12.4. The Hall–Kier alpha value is -3.36. The molecular formula is C22H14N2O4S2. The molecule has 0 N–H and O–H groups in total. The maximum atomic E-state index is 12.4. The van der Waals surface area contributed by atoms with E-state index in [1.807, 2.05) is 60.7 Å². The Morgan fingerprint density at radius 1 is 0.600 bits per heavy atom. The molecular weight excluding hydrogens is 420 g/mol. The molecule has 0 aliphatic carbocycles. The van der Waals surface area contributed by atoms with Gasteiger partial charge in [0, 0.05) is 0 Å². The van der Waals surface area contributed by atoms with E-state index in [9.17, 15) is 9.59 Å². The van der Waals surface area contributed by atoms with Crippen LogP contribution in [0.5, 0.6) is 0 Å². The molecule has 3 aromatic heterocycles. The van der Waals surface area contributed by atoms with Gasteiger partial charge in [0.15, 0.2) is 0 Å². The van der Waals surface area contributed by atoms with Crippen molar-refractivity contribution in [3.63, 3.8) is 0 Å². The minimum Gasteiger partial charge on any atom is -0.402 e. The summed E-state index contributed by atoms with van der Waals surface area (Å²) in [5, 5.41) is 0. The second-order valence-corrected chi connectivity index (χ2v) is 8.55. The summed E-state index contributed by atoms with van der Waals surface area (Å²) in [4.78, 5) is 33.7. The maximum Gasteiger partial charge on any atom is 0.356 e. The standard InChI is InChI=1S/C22H14N2O4S2/c25-21-17-15(19(27-21)23-11-13-7-3-1-4-8-13)29-18-16(30-17)20(28-22(18)26)24-12-14-9-5-2-6-10-14/h1-10H,11-12H2. The van der Waals surface area contributed by atoms with Crippen LogP contribution < -0.4 is 22.4 Å². The Balaban J connectivity index is 1.63. The average molecular weight is 434 g/mol. The molecule has 0 aliphatic heterocycles. The third kappa shape index (κ3) is 3.51. The van der Waals surface area contributed by atoms with Crippen molar-refractivity contribution in [3.8, 4) is 0 Å². The summed E-state index contributed by atoms with van der Waals surface area (Å²) in [6.07, 6.45) is 0. The fourth-order valence-electron chi connectivity index (χ4n) is 3.00. The van der Waals surface area contributed by atoms with Crippen LogP contribution in [0.2, 0.25) is 0 Å². The van der Waals surface area contributed by atoms with Crippen LogP contribution in [0.25, 0.3) is 18.8 Å². The van der Waals surface area contributed by atoms with Gasteiger partial charge in [0.25, 0.3) is 0 Å². The molecule has 6 nitrogen and oxygen atoms in total. The zero-order chi connectivity index (χ0) is 20.5. The molecule has 0 radical (unpaired) electrons. The zero-order valence-corrected chi connectivity index (χ0v) is 17.2. The summed E-state index contributed by atoms with van der Waals surface area (Å²) in [6, 6.07) is 19.3. The second kappa shape index (κ2) is 7.81. The van der Waals surface area contributed by atoms with Crippen molar-refractivity contribution in [1.82, 2.24) is 0 Å². The number of rotatable bonds is 4. The number of fused-ring (bicyclic) bond motifs is 2. The number of benzene rings is 2. The summed E-state index contributed by atoms with van der Waals surface area (Å²) in [5.41, 5.74) is 1.54. The molecule has 0 aliphatic rings. The highest BCUT2D eigenvalue weighted by Gasteiger charge is 2.16. The van der Waals surface area contributed by atoms with Crippen LogP contribution in [-0.4, -0.2) is 0 Å². The molecule has 148 valence electrons. The van der Waals surface area contributed by atoms with E-state index in [1.54, 1.807) is 0 Å². The monoisotopic (exact) mass is 434 g/mol. The average Bonchev–Trinajstić information content (AvgIpc) is 3.27. The van der Waals surface area contributed by atoms with Crippen molar-refractivity contribution in [2.45, 2.75) is 13.1 Å². The van der Waals surface area contributed by atoms with Crippen molar-refractivity contribution in [3.05, 3.63) is 104 Å². The predicted molar refractivity (Wildman–Crippen MR) is 117 cm³/mol. The Labute approximate surface area is 177 Å². The summed E-state index contributed by atoms with van der Waals surface area (Å²) in [5.74, 6) is 0. The van der Waals surface area contributed by atoms with E-state index in [0.717, 1.165) is 33.8 Å². The molecule has 0 bridgehead atoms. The highest BCUT2D eigenvalue weighted by Crippen LogP contribution is 2.26. The highest BCUT2D eigenvalue weighted by molar-refractivity contribution is 7.36. The van der Waals surface area contributed by atoms with Crippen molar-refractivity contribution in [2.75, 3.05) is 0 Å². The van der Waals surface area contributed by atoms with Gasteiger partial charge in [-0.25, -0.2) is 19.6 Å². The first-order chi connectivity index (χ1) is 14.7. The fourth-order valence-corrected chi connectivity index (χ4v) is 5.26. The Morgan fingerprint density at radius 3 is 1.40 bits per heavy atom. The van der Waals surface area contributed by atoms with Crippen LogP contribution in [0, 0.1) is 0 Å². The minimum atomic E-state index is -0.470. The van der Waals surface area contributed by atoms with Gasteiger partial charge in [-0.3, -0.25) is 0 Å². The molecule has 3 heterocycles. The van der Waals surface area contributed by atoms with Gasteiger partial charge in [-0.1, -0.05) is 60.7 Å². The van der Waals surface area contributed by atoms with Gasteiger partial charge < -0.3 is 8.83 Å². The van der Waals surface area contributed by atoms with Gasteiger partial charge >= 0.3 is 11.3 Å². The summed E-state index contributed by atoms with van der Waals surface area (Å²) in [6.45, 7) is 0.761. The van der Waals surface area contributed by atoms with Gasteiger partial charge in [0.2, 0.25) is 11.1 Å². The van der Waals surface area contributed by atoms with Crippen molar-refractivity contribution in [2.24, 2.45) is 9.98 Å². The van der Waals surface area contributed by atoms with E-state index in [4.69, 9.17) is 8.83 Å². The lowest BCUT2D eigenvalue weighted by atomic mass is 10.2. The second-order valence-electron chi connectivity index (χ2n) is 6.51. The zero-order valence-electron chi connectivity index (χ0n) is 15.5. The van der Waals surface area contributed by atoms with E-state index < -0.39 is 11.3 Å². The number of nitrogens with zero attached hydrogens (tertiary/aromatic N) is 2. The molecule has 0 spiro atoms. The van der Waals surface area contributed by atoms with Gasteiger partial charge in [0.1, 0.15) is 18.8 Å². The lowest BCUT2D eigenvalue weighted by Crippen LogP contribution is -2.00. The van der Waals surface area contributed by atoms with E-state index in [-0.39, 0.29) is 11.1 Å². The quantitative estimate of drug-likeness (QED) is 0.432. The molecule has 5 aromatic rings. The molecule has 0 saturated heterocycles. The molecule has 2 aromatic carbocycles. The normalized spacial score (nSPS) is 12.9. The predicted octanol–water partition coefficient (Wildman–Crippen LogP) is 3.66. The van der Waals surface area contributed by atoms with E-state index in [2.05, 4.69) is 9.98 Å². The minimum absolute atomic E-state index is 0.241. The summed E-state index contributed by atoms with van der Waals surface area (Å²) >= 11 is 2.32. The van der Waals surface area contributed by atoms with E-state index >= 15 is 0 Å². The van der Waals surface area contributed by atoms with Crippen molar-refractivity contribution < 1.29 is 8.83 Å². The van der Waals surface area contributed by atoms with Crippen molar-refractivity contribution >= 4 is 41.5 Å². The molecule has 5 rings (SSSR count). The van der Waals surface area contributed by atoms with Crippen LogP contribution in [0.15, 0.2) is 89.1 Å². The third-order valence-electron chi connectivity index (χ3n) is 4.45. The molecule has 8 heteroatoms. The van der Waals surface area contributed by atoms with Gasteiger partial charge in [-0.15, -0.1) is 22.7 Å².